The number of benzene rings is 1. The van der Waals surface area contributed by atoms with Gasteiger partial charge in [-0.25, -0.2) is 0 Å². The summed E-state index contributed by atoms with van der Waals surface area (Å²) in [4.78, 5) is 0. The molecule has 2 atom stereocenters. The Bertz CT molecular complexity index is 342. The molecule has 0 bridgehead atoms. The summed E-state index contributed by atoms with van der Waals surface area (Å²) >= 11 is 3.55. The molecule has 2 heteroatoms. The average Bonchev–Trinajstić information content (AvgIpc) is 2.32. The Labute approximate surface area is 120 Å². The molecule has 0 aromatic heterocycles. The maximum atomic E-state index is 6.36. The van der Waals surface area contributed by atoms with Crippen molar-refractivity contribution in [3.05, 3.63) is 33.8 Å². The number of nitrogens with two attached hydrogens (primary N) is 1. The normalized spacial score (nSPS) is 14.5. The van der Waals surface area contributed by atoms with E-state index in [-0.39, 0.29) is 6.04 Å². The first-order valence-corrected chi connectivity index (χ1v) is 7.88. The van der Waals surface area contributed by atoms with E-state index in [0.717, 1.165) is 16.8 Å². The summed E-state index contributed by atoms with van der Waals surface area (Å²) in [5.74, 6) is 0.763. The van der Waals surface area contributed by atoms with E-state index in [9.17, 15) is 0 Å². The van der Waals surface area contributed by atoms with Crippen molar-refractivity contribution < 1.29 is 0 Å². The molecule has 0 heterocycles. The van der Waals surface area contributed by atoms with Gasteiger partial charge in [-0.3, -0.25) is 0 Å². The van der Waals surface area contributed by atoms with Gasteiger partial charge in [0.05, 0.1) is 0 Å². The Morgan fingerprint density at radius 1 is 1.22 bits per heavy atom. The lowest BCUT2D eigenvalue weighted by Gasteiger charge is -2.20. The number of hydrogen-bond acceptors (Lipinski definition) is 1. The topological polar surface area (TPSA) is 26.0 Å². The molecule has 0 radical (unpaired) electrons. The molecule has 2 unspecified atom stereocenters. The van der Waals surface area contributed by atoms with E-state index in [2.05, 4.69) is 54.9 Å². The molecule has 0 aliphatic rings. The van der Waals surface area contributed by atoms with Gasteiger partial charge in [-0.1, -0.05) is 61.5 Å². The monoisotopic (exact) mass is 311 g/mol. The van der Waals surface area contributed by atoms with Gasteiger partial charge in [0.2, 0.25) is 0 Å². The lowest BCUT2D eigenvalue weighted by Crippen LogP contribution is -2.15. The largest absolute Gasteiger partial charge is 0.324 e. The summed E-state index contributed by atoms with van der Waals surface area (Å²) in [5.41, 5.74) is 8.90. The first kappa shape index (κ1) is 15.7. The Morgan fingerprint density at radius 2 is 1.94 bits per heavy atom. The molecule has 1 nitrogen and oxygen atoms in total. The van der Waals surface area contributed by atoms with Gasteiger partial charge in [0.25, 0.3) is 0 Å². The van der Waals surface area contributed by atoms with Crippen LogP contribution in [0.2, 0.25) is 0 Å². The van der Waals surface area contributed by atoms with Crippen LogP contribution in [0.15, 0.2) is 22.7 Å². The Kier molecular flexibility index (Phi) is 6.95. The molecule has 0 amide bonds. The van der Waals surface area contributed by atoms with Crippen molar-refractivity contribution in [1.29, 1.82) is 0 Å². The highest BCUT2D eigenvalue weighted by Gasteiger charge is 2.14. The van der Waals surface area contributed by atoms with Crippen LogP contribution in [0.5, 0.6) is 0 Å². The SMILES string of the molecule is CCCCC(CC)CC(N)c1cc(C)cc(Br)c1. The van der Waals surface area contributed by atoms with Crippen LogP contribution in [-0.4, -0.2) is 0 Å². The van der Waals surface area contributed by atoms with Crippen LogP contribution >= 0.6 is 15.9 Å². The maximum absolute atomic E-state index is 6.36. The van der Waals surface area contributed by atoms with Crippen molar-refractivity contribution in [2.75, 3.05) is 0 Å². The van der Waals surface area contributed by atoms with Crippen LogP contribution in [0.25, 0.3) is 0 Å². The van der Waals surface area contributed by atoms with Crippen LogP contribution in [-0.2, 0) is 0 Å². The highest BCUT2D eigenvalue weighted by atomic mass is 79.9. The first-order valence-electron chi connectivity index (χ1n) is 7.09. The fraction of sp³-hybridized carbons (Fsp3) is 0.625. The molecule has 0 fully saturated rings. The predicted octanol–water partition coefficient (Wildman–Crippen LogP) is 5.36. The smallest absolute Gasteiger partial charge is 0.0297 e. The molecular weight excluding hydrogens is 286 g/mol. The van der Waals surface area contributed by atoms with E-state index in [1.54, 1.807) is 0 Å². The van der Waals surface area contributed by atoms with Crippen LogP contribution in [0.3, 0.4) is 0 Å². The minimum Gasteiger partial charge on any atom is -0.324 e. The fourth-order valence-corrected chi connectivity index (χ4v) is 3.08. The van der Waals surface area contributed by atoms with Gasteiger partial charge < -0.3 is 5.73 Å². The van der Waals surface area contributed by atoms with Gasteiger partial charge >= 0.3 is 0 Å². The number of halogens is 1. The third-order valence-corrected chi connectivity index (χ3v) is 4.08. The zero-order valence-electron chi connectivity index (χ0n) is 11.9. The van der Waals surface area contributed by atoms with Crippen molar-refractivity contribution >= 4 is 15.9 Å². The predicted molar refractivity (Wildman–Crippen MR) is 83.7 cm³/mol. The number of unbranched alkanes of at least 4 members (excludes halogenated alkanes) is 1. The molecule has 0 spiro atoms. The van der Waals surface area contributed by atoms with Crippen molar-refractivity contribution in [1.82, 2.24) is 0 Å². The third-order valence-electron chi connectivity index (χ3n) is 3.62. The molecule has 18 heavy (non-hydrogen) atoms. The van der Waals surface area contributed by atoms with Gasteiger partial charge in [0.15, 0.2) is 0 Å². The second kappa shape index (κ2) is 7.96. The van der Waals surface area contributed by atoms with E-state index in [4.69, 9.17) is 5.73 Å². The summed E-state index contributed by atoms with van der Waals surface area (Å²) in [6.45, 7) is 6.65. The summed E-state index contributed by atoms with van der Waals surface area (Å²) < 4.78 is 1.13. The van der Waals surface area contributed by atoms with E-state index >= 15 is 0 Å². The van der Waals surface area contributed by atoms with Crippen LogP contribution in [0, 0.1) is 12.8 Å². The van der Waals surface area contributed by atoms with Crippen molar-refractivity contribution in [3.8, 4) is 0 Å². The van der Waals surface area contributed by atoms with E-state index in [1.807, 2.05) is 0 Å². The maximum Gasteiger partial charge on any atom is 0.0297 e. The zero-order valence-corrected chi connectivity index (χ0v) is 13.5. The quantitative estimate of drug-likeness (QED) is 0.720. The first-order chi connectivity index (χ1) is 8.56. The zero-order chi connectivity index (χ0) is 13.5. The van der Waals surface area contributed by atoms with Gasteiger partial charge in [-0.05, 0) is 42.5 Å². The summed E-state index contributed by atoms with van der Waals surface area (Å²) in [7, 11) is 0. The second-order valence-corrected chi connectivity index (χ2v) is 6.24. The Morgan fingerprint density at radius 3 is 2.50 bits per heavy atom. The minimum atomic E-state index is 0.169. The number of rotatable bonds is 7. The summed E-state index contributed by atoms with van der Waals surface area (Å²) in [5, 5.41) is 0. The second-order valence-electron chi connectivity index (χ2n) is 5.32. The minimum absolute atomic E-state index is 0.169. The molecule has 2 N–H and O–H groups in total. The van der Waals surface area contributed by atoms with Crippen molar-refractivity contribution in [3.63, 3.8) is 0 Å². The highest BCUT2D eigenvalue weighted by Crippen LogP contribution is 2.27. The lowest BCUT2D eigenvalue weighted by atomic mass is 9.89. The molecule has 1 aromatic carbocycles. The molecule has 0 saturated heterocycles. The molecule has 0 aliphatic heterocycles. The van der Waals surface area contributed by atoms with E-state index in [1.165, 1.54) is 36.8 Å². The van der Waals surface area contributed by atoms with Gasteiger partial charge in [0, 0.05) is 10.5 Å². The highest BCUT2D eigenvalue weighted by molar-refractivity contribution is 9.10. The average molecular weight is 312 g/mol. The molecule has 0 aliphatic carbocycles. The van der Waals surface area contributed by atoms with Gasteiger partial charge in [0.1, 0.15) is 0 Å². The Hall–Kier alpha value is -0.340. The van der Waals surface area contributed by atoms with Gasteiger partial charge in [-0.2, -0.15) is 0 Å². The molecule has 102 valence electrons. The summed E-state index contributed by atoms with van der Waals surface area (Å²) in [6.07, 6.45) is 6.26. The van der Waals surface area contributed by atoms with Crippen LogP contribution < -0.4 is 5.73 Å². The molecule has 1 rings (SSSR count). The lowest BCUT2D eigenvalue weighted by molar-refractivity contribution is 0.388. The molecule has 1 aromatic rings. The summed E-state index contributed by atoms with van der Waals surface area (Å²) in [6, 6.07) is 6.67. The Balaban J connectivity index is 2.65. The van der Waals surface area contributed by atoms with Gasteiger partial charge in [-0.15, -0.1) is 0 Å². The number of aryl methyl sites for hydroxylation is 1. The number of hydrogen-bond donors (Lipinski definition) is 1. The van der Waals surface area contributed by atoms with E-state index in [0.29, 0.717) is 0 Å². The van der Waals surface area contributed by atoms with Crippen molar-refractivity contribution in [2.24, 2.45) is 11.7 Å². The standard InChI is InChI=1S/C16H26BrN/c1-4-6-7-13(5-2)10-16(18)14-8-12(3)9-15(17)11-14/h8-9,11,13,16H,4-7,10,18H2,1-3H3. The molecular formula is C16H26BrN. The van der Waals surface area contributed by atoms with Crippen molar-refractivity contribution in [2.45, 2.75) is 58.9 Å². The van der Waals surface area contributed by atoms with Crippen LogP contribution in [0.4, 0.5) is 0 Å². The molecule has 0 saturated carbocycles. The third kappa shape index (κ3) is 5.11. The fourth-order valence-electron chi connectivity index (χ4n) is 2.46. The van der Waals surface area contributed by atoms with E-state index < -0.39 is 0 Å². The van der Waals surface area contributed by atoms with Crippen LogP contribution in [0.1, 0.15) is 63.1 Å².